The number of nitrogens with zero attached hydrogens (tertiary/aromatic N) is 4. The van der Waals surface area contributed by atoms with E-state index in [2.05, 4.69) is 6.07 Å². The van der Waals surface area contributed by atoms with Crippen molar-refractivity contribution in [2.24, 2.45) is 0 Å². The topological polar surface area (TPSA) is 79.0 Å². The Hall–Kier alpha value is -2.63. The number of aromatic nitrogens is 2. The molecular weight excluding hydrogens is 416 g/mol. The van der Waals surface area contributed by atoms with Crippen LogP contribution >= 0.6 is 23.1 Å². The number of amides is 1. The third-order valence-electron chi connectivity index (χ3n) is 5.28. The minimum absolute atomic E-state index is 0.0571. The predicted octanol–water partition coefficient (Wildman–Crippen LogP) is 3.79. The van der Waals surface area contributed by atoms with E-state index in [9.17, 15) is 9.59 Å². The van der Waals surface area contributed by atoms with Crippen LogP contribution < -0.4 is 5.56 Å². The quantitative estimate of drug-likeness (QED) is 0.432. The molecule has 2 heterocycles. The first-order chi connectivity index (χ1) is 14.6. The SMILES string of the molecule is CN(CCC#N)C(=O)CSc1nc2sc3c(c2c(=O)n1-c1ccccc1)CCCC3. The average molecular weight is 439 g/mol. The van der Waals surface area contributed by atoms with Gasteiger partial charge >= 0.3 is 0 Å². The molecule has 30 heavy (non-hydrogen) atoms. The van der Waals surface area contributed by atoms with Crippen molar-refractivity contribution in [3.05, 3.63) is 51.1 Å². The molecule has 2 aromatic heterocycles. The number of para-hydroxylation sites is 1. The molecule has 0 N–H and O–H groups in total. The number of nitriles is 1. The first kappa shape index (κ1) is 20.6. The van der Waals surface area contributed by atoms with Crippen LogP contribution in [0.1, 0.15) is 29.7 Å². The number of thiophene rings is 1. The van der Waals surface area contributed by atoms with E-state index in [-0.39, 0.29) is 17.2 Å². The molecule has 0 bridgehead atoms. The van der Waals surface area contributed by atoms with Crippen molar-refractivity contribution in [1.82, 2.24) is 14.5 Å². The summed E-state index contributed by atoms with van der Waals surface area (Å²) >= 11 is 2.89. The molecule has 1 aliphatic carbocycles. The standard InChI is InChI=1S/C22H22N4O2S2/c1-25(13-7-12-23)18(27)14-29-22-24-20-19(16-10-5-6-11-17(16)30-20)21(28)26(22)15-8-3-2-4-9-15/h2-4,8-9H,5-7,10-11,13-14H2,1H3. The van der Waals surface area contributed by atoms with Crippen molar-refractivity contribution in [1.29, 1.82) is 5.26 Å². The maximum atomic E-state index is 13.6. The summed E-state index contributed by atoms with van der Waals surface area (Å²) in [5.41, 5.74) is 1.85. The lowest BCUT2D eigenvalue weighted by atomic mass is 9.97. The lowest BCUT2D eigenvalue weighted by molar-refractivity contribution is -0.127. The fraction of sp³-hybridized carbons (Fsp3) is 0.364. The fourth-order valence-corrected chi connectivity index (χ4v) is 5.92. The predicted molar refractivity (Wildman–Crippen MR) is 120 cm³/mol. The third-order valence-corrected chi connectivity index (χ3v) is 7.39. The van der Waals surface area contributed by atoms with Crippen molar-refractivity contribution in [3.63, 3.8) is 0 Å². The van der Waals surface area contributed by atoms with E-state index < -0.39 is 0 Å². The lowest BCUT2D eigenvalue weighted by Crippen LogP contribution is -2.29. The van der Waals surface area contributed by atoms with Crippen LogP contribution in [0.25, 0.3) is 15.9 Å². The molecule has 0 fully saturated rings. The molecule has 154 valence electrons. The molecule has 1 aliphatic rings. The van der Waals surface area contributed by atoms with Crippen LogP contribution in [0.5, 0.6) is 0 Å². The zero-order valence-corrected chi connectivity index (χ0v) is 18.4. The summed E-state index contributed by atoms with van der Waals surface area (Å²) in [5, 5.41) is 9.99. The highest BCUT2D eigenvalue weighted by Crippen LogP contribution is 2.35. The Labute approximate surface area is 183 Å². The van der Waals surface area contributed by atoms with E-state index in [1.54, 1.807) is 27.9 Å². The van der Waals surface area contributed by atoms with E-state index in [1.807, 2.05) is 30.3 Å². The molecule has 0 saturated heterocycles. The molecule has 0 radical (unpaired) electrons. The van der Waals surface area contributed by atoms with Crippen LogP contribution in [0.3, 0.4) is 0 Å². The third kappa shape index (κ3) is 4.00. The molecule has 0 spiro atoms. The largest absolute Gasteiger partial charge is 0.344 e. The molecule has 3 aromatic rings. The summed E-state index contributed by atoms with van der Waals surface area (Å²) in [7, 11) is 1.69. The van der Waals surface area contributed by atoms with Gasteiger partial charge in [0, 0.05) is 18.5 Å². The van der Waals surface area contributed by atoms with Crippen molar-refractivity contribution in [2.75, 3.05) is 19.3 Å². The van der Waals surface area contributed by atoms with Gasteiger partial charge in [-0.05, 0) is 43.4 Å². The number of benzene rings is 1. The van der Waals surface area contributed by atoms with Crippen LogP contribution in [0.4, 0.5) is 0 Å². The fourth-order valence-electron chi connectivity index (χ4n) is 3.67. The van der Waals surface area contributed by atoms with Crippen LogP contribution in [0, 0.1) is 11.3 Å². The van der Waals surface area contributed by atoms with E-state index in [0.717, 1.165) is 47.2 Å². The Morgan fingerprint density at radius 2 is 2.07 bits per heavy atom. The van der Waals surface area contributed by atoms with Crippen LogP contribution in [0.2, 0.25) is 0 Å². The molecule has 1 aromatic carbocycles. The Balaban J connectivity index is 1.75. The molecule has 4 rings (SSSR count). The zero-order chi connectivity index (χ0) is 21.1. The highest BCUT2D eigenvalue weighted by atomic mass is 32.2. The number of carbonyl (C=O) groups excluding carboxylic acids is 1. The highest BCUT2D eigenvalue weighted by molar-refractivity contribution is 7.99. The number of thioether (sulfide) groups is 1. The summed E-state index contributed by atoms with van der Waals surface area (Å²) in [5.74, 6) is 0.0762. The minimum atomic E-state index is -0.0883. The molecule has 0 unspecified atom stereocenters. The average Bonchev–Trinajstić information content (AvgIpc) is 3.15. The van der Waals surface area contributed by atoms with Gasteiger partial charge in [-0.25, -0.2) is 4.98 Å². The van der Waals surface area contributed by atoms with Crippen molar-refractivity contribution < 1.29 is 4.79 Å². The van der Waals surface area contributed by atoms with Gasteiger partial charge in [0.1, 0.15) is 4.83 Å². The minimum Gasteiger partial charge on any atom is -0.344 e. The molecular formula is C22H22N4O2S2. The van der Waals surface area contributed by atoms with Gasteiger partial charge in [-0.2, -0.15) is 5.26 Å². The van der Waals surface area contributed by atoms with Gasteiger partial charge in [0.25, 0.3) is 5.56 Å². The number of hydrogen-bond donors (Lipinski definition) is 0. The molecule has 8 heteroatoms. The van der Waals surface area contributed by atoms with E-state index in [0.29, 0.717) is 18.1 Å². The zero-order valence-electron chi connectivity index (χ0n) is 16.8. The van der Waals surface area contributed by atoms with Crippen molar-refractivity contribution in [3.8, 4) is 11.8 Å². The van der Waals surface area contributed by atoms with Gasteiger partial charge < -0.3 is 4.90 Å². The Kier molecular flexibility index (Phi) is 6.21. The Morgan fingerprint density at radius 3 is 2.83 bits per heavy atom. The van der Waals surface area contributed by atoms with Gasteiger partial charge in [0.15, 0.2) is 5.16 Å². The molecule has 6 nitrogen and oxygen atoms in total. The molecule has 0 saturated carbocycles. The normalized spacial score (nSPS) is 13.1. The smallest absolute Gasteiger partial charge is 0.267 e. The summed E-state index contributed by atoms with van der Waals surface area (Å²) in [6, 6.07) is 11.5. The number of rotatable bonds is 6. The first-order valence-electron chi connectivity index (χ1n) is 9.96. The highest BCUT2D eigenvalue weighted by Gasteiger charge is 2.23. The van der Waals surface area contributed by atoms with Gasteiger partial charge in [0.05, 0.1) is 29.3 Å². The van der Waals surface area contributed by atoms with Crippen molar-refractivity contribution >= 4 is 39.2 Å². The maximum Gasteiger partial charge on any atom is 0.267 e. The van der Waals surface area contributed by atoms with Crippen LogP contribution in [-0.4, -0.2) is 39.7 Å². The number of fused-ring (bicyclic) bond motifs is 3. The van der Waals surface area contributed by atoms with Gasteiger partial charge in [0.2, 0.25) is 5.91 Å². The van der Waals surface area contributed by atoms with Gasteiger partial charge in [-0.15, -0.1) is 11.3 Å². The Morgan fingerprint density at radius 1 is 1.30 bits per heavy atom. The second-order valence-electron chi connectivity index (χ2n) is 7.27. The summed E-state index contributed by atoms with van der Waals surface area (Å²) in [6.45, 7) is 0.394. The number of aryl methyl sites for hydroxylation is 2. The van der Waals surface area contributed by atoms with Gasteiger partial charge in [-0.3, -0.25) is 14.2 Å². The Bertz CT molecular complexity index is 1180. The monoisotopic (exact) mass is 438 g/mol. The van der Waals surface area contributed by atoms with E-state index in [1.165, 1.54) is 16.6 Å². The summed E-state index contributed by atoms with van der Waals surface area (Å²) in [4.78, 5) is 34.5. The van der Waals surface area contributed by atoms with Gasteiger partial charge in [-0.1, -0.05) is 30.0 Å². The molecule has 0 atom stereocenters. The second kappa shape index (κ2) is 9.02. The summed E-state index contributed by atoms with van der Waals surface area (Å²) in [6.07, 6.45) is 4.48. The van der Waals surface area contributed by atoms with E-state index >= 15 is 0 Å². The van der Waals surface area contributed by atoms with E-state index in [4.69, 9.17) is 10.2 Å². The second-order valence-corrected chi connectivity index (χ2v) is 9.30. The lowest BCUT2D eigenvalue weighted by Gasteiger charge is -2.16. The van der Waals surface area contributed by atoms with Crippen molar-refractivity contribution in [2.45, 2.75) is 37.3 Å². The van der Waals surface area contributed by atoms with Crippen LogP contribution in [-0.2, 0) is 17.6 Å². The number of hydrogen-bond acceptors (Lipinski definition) is 6. The molecule has 0 aliphatic heterocycles. The first-order valence-corrected chi connectivity index (χ1v) is 11.8. The summed E-state index contributed by atoms with van der Waals surface area (Å²) < 4.78 is 1.64. The molecule has 1 amide bonds. The maximum absolute atomic E-state index is 13.6. The van der Waals surface area contributed by atoms with Crippen LogP contribution in [0.15, 0.2) is 40.3 Å². The number of carbonyl (C=O) groups is 1.